The van der Waals surface area contributed by atoms with E-state index in [2.05, 4.69) is 22.3 Å². The standard InChI is InChI=1S/C16H23ClN2/c17-16-6-2-1-4-14(16)11-19(10-13-7-8-13)12-15-5-3-9-18-15/h1-2,4,6,13,15,18H,3,5,7-12H2. The summed E-state index contributed by atoms with van der Waals surface area (Å²) in [6.45, 7) is 4.59. The van der Waals surface area contributed by atoms with Gasteiger partial charge in [0, 0.05) is 30.7 Å². The van der Waals surface area contributed by atoms with Gasteiger partial charge in [-0.3, -0.25) is 4.90 Å². The van der Waals surface area contributed by atoms with Crippen LogP contribution < -0.4 is 5.32 Å². The van der Waals surface area contributed by atoms with Crippen molar-refractivity contribution in [2.24, 2.45) is 5.92 Å². The zero-order valence-corrected chi connectivity index (χ0v) is 12.2. The number of nitrogens with zero attached hydrogens (tertiary/aromatic N) is 1. The molecule has 1 atom stereocenters. The molecule has 19 heavy (non-hydrogen) atoms. The van der Waals surface area contributed by atoms with Crippen LogP contribution in [-0.2, 0) is 6.54 Å². The average molecular weight is 279 g/mol. The highest BCUT2D eigenvalue weighted by molar-refractivity contribution is 6.31. The Morgan fingerprint density at radius 2 is 2.00 bits per heavy atom. The molecule has 1 aromatic rings. The van der Waals surface area contributed by atoms with Gasteiger partial charge in [-0.15, -0.1) is 0 Å². The summed E-state index contributed by atoms with van der Waals surface area (Å²) < 4.78 is 0. The molecule has 1 N–H and O–H groups in total. The molecule has 1 aliphatic heterocycles. The molecule has 1 saturated heterocycles. The van der Waals surface area contributed by atoms with E-state index >= 15 is 0 Å². The Labute approximate surface area is 121 Å². The Morgan fingerprint density at radius 1 is 1.16 bits per heavy atom. The van der Waals surface area contributed by atoms with Crippen LogP contribution in [0.3, 0.4) is 0 Å². The first-order chi connectivity index (χ1) is 9.31. The third-order valence-corrected chi connectivity index (χ3v) is 4.57. The molecule has 1 unspecified atom stereocenters. The van der Waals surface area contributed by atoms with Gasteiger partial charge in [0.15, 0.2) is 0 Å². The summed E-state index contributed by atoms with van der Waals surface area (Å²) in [4.78, 5) is 2.60. The number of rotatable bonds is 6. The molecule has 3 rings (SSSR count). The summed E-state index contributed by atoms with van der Waals surface area (Å²) in [6, 6.07) is 8.94. The van der Waals surface area contributed by atoms with E-state index in [0.717, 1.165) is 17.5 Å². The van der Waals surface area contributed by atoms with E-state index in [4.69, 9.17) is 11.6 Å². The van der Waals surface area contributed by atoms with Crippen LogP contribution in [-0.4, -0.2) is 30.6 Å². The molecule has 1 saturated carbocycles. The Morgan fingerprint density at radius 3 is 2.68 bits per heavy atom. The lowest BCUT2D eigenvalue weighted by molar-refractivity contribution is 0.232. The molecule has 1 heterocycles. The van der Waals surface area contributed by atoms with Gasteiger partial charge < -0.3 is 5.32 Å². The van der Waals surface area contributed by atoms with Crippen molar-refractivity contribution in [2.45, 2.75) is 38.3 Å². The number of nitrogens with one attached hydrogen (secondary N) is 1. The maximum absolute atomic E-state index is 6.29. The maximum atomic E-state index is 6.29. The minimum atomic E-state index is 0.682. The smallest absolute Gasteiger partial charge is 0.0451 e. The van der Waals surface area contributed by atoms with E-state index < -0.39 is 0 Å². The zero-order valence-electron chi connectivity index (χ0n) is 11.4. The predicted octanol–water partition coefficient (Wildman–Crippen LogP) is 3.30. The molecule has 104 valence electrons. The molecule has 1 aromatic carbocycles. The first kappa shape index (κ1) is 13.4. The van der Waals surface area contributed by atoms with Crippen LogP contribution in [0.5, 0.6) is 0 Å². The predicted molar refractivity (Wildman–Crippen MR) is 80.5 cm³/mol. The first-order valence-electron chi connectivity index (χ1n) is 7.50. The van der Waals surface area contributed by atoms with Crippen molar-refractivity contribution in [1.82, 2.24) is 10.2 Å². The van der Waals surface area contributed by atoms with E-state index in [1.165, 1.54) is 50.9 Å². The van der Waals surface area contributed by atoms with Crippen molar-refractivity contribution in [1.29, 1.82) is 0 Å². The summed E-state index contributed by atoms with van der Waals surface area (Å²) in [5.41, 5.74) is 1.27. The quantitative estimate of drug-likeness (QED) is 0.859. The Hall–Kier alpha value is -0.570. The molecular weight excluding hydrogens is 256 g/mol. The first-order valence-corrected chi connectivity index (χ1v) is 7.88. The van der Waals surface area contributed by atoms with Crippen molar-refractivity contribution in [2.75, 3.05) is 19.6 Å². The lowest BCUT2D eigenvalue weighted by atomic mass is 10.1. The van der Waals surface area contributed by atoms with Crippen LogP contribution >= 0.6 is 11.6 Å². The molecule has 3 heteroatoms. The van der Waals surface area contributed by atoms with Crippen molar-refractivity contribution in [3.05, 3.63) is 34.9 Å². The monoisotopic (exact) mass is 278 g/mol. The topological polar surface area (TPSA) is 15.3 Å². The van der Waals surface area contributed by atoms with E-state index in [1.54, 1.807) is 0 Å². The molecule has 2 fully saturated rings. The summed E-state index contributed by atoms with van der Waals surface area (Å²) in [7, 11) is 0. The normalized spacial score (nSPS) is 23.2. The fourth-order valence-electron chi connectivity index (χ4n) is 2.96. The summed E-state index contributed by atoms with van der Waals surface area (Å²) >= 11 is 6.29. The molecule has 2 aliphatic rings. The highest BCUT2D eigenvalue weighted by atomic mass is 35.5. The van der Waals surface area contributed by atoms with Crippen molar-refractivity contribution in [3.8, 4) is 0 Å². The molecule has 0 amide bonds. The van der Waals surface area contributed by atoms with Crippen LogP contribution in [0.4, 0.5) is 0 Å². The third-order valence-electron chi connectivity index (χ3n) is 4.21. The number of hydrogen-bond acceptors (Lipinski definition) is 2. The van der Waals surface area contributed by atoms with Crippen molar-refractivity contribution in [3.63, 3.8) is 0 Å². The Balaban J connectivity index is 1.62. The molecule has 2 nitrogen and oxygen atoms in total. The molecule has 0 spiro atoms. The Bertz CT molecular complexity index is 411. The van der Waals surface area contributed by atoms with Crippen LogP contribution in [0, 0.1) is 5.92 Å². The molecule has 0 radical (unpaired) electrons. The number of halogens is 1. The fraction of sp³-hybridized carbons (Fsp3) is 0.625. The summed E-state index contributed by atoms with van der Waals surface area (Å²) in [5.74, 6) is 0.934. The average Bonchev–Trinajstić information content (AvgIpc) is 3.06. The molecule has 0 bridgehead atoms. The van der Waals surface area contributed by atoms with E-state index in [9.17, 15) is 0 Å². The second kappa shape index (κ2) is 6.25. The van der Waals surface area contributed by atoms with Gasteiger partial charge in [-0.1, -0.05) is 29.8 Å². The van der Waals surface area contributed by atoms with Gasteiger partial charge in [-0.2, -0.15) is 0 Å². The van der Waals surface area contributed by atoms with Gasteiger partial charge in [0.1, 0.15) is 0 Å². The summed E-state index contributed by atoms with van der Waals surface area (Å²) in [5, 5.41) is 4.51. The maximum Gasteiger partial charge on any atom is 0.0451 e. The lowest BCUT2D eigenvalue weighted by Crippen LogP contribution is -2.38. The van der Waals surface area contributed by atoms with Crippen LogP contribution in [0.1, 0.15) is 31.2 Å². The van der Waals surface area contributed by atoms with E-state index in [-0.39, 0.29) is 0 Å². The van der Waals surface area contributed by atoms with Crippen molar-refractivity contribution >= 4 is 11.6 Å². The lowest BCUT2D eigenvalue weighted by Gasteiger charge is -2.26. The van der Waals surface area contributed by atoms with Crippen LogP contribution in [0.15, 0.2) is 24.3 Å². The fourth-order valence-corrected chi connectivity index (χ4v) is 3.16. The SMILES string of the molecule is Clc1ccccc1CN(CC1CC1)CC1CCCN1. The molecular formula is C16H23ClN2. The summed E-state index contributed by atoms with van der Waals surface area (Å²) in [6.07, 6.45) is 5.48. The zero-order chi connectivity index (χ0) is 13.1. The van der Waals surface area contributed by atoms with E-state index in [0.29, 0.717) is 6.04 Å². The molecule has 1 aliphatic carbocycles. The van der Waals surface area contributed by atoms with Gasteiger partial charge in [-0.25, -0.2) is 0 Å². The van der Waals surface area contributed by atoms with Gasteiger partial charge in [0.2, 0.25) is 0 Å². The van der Waals surface area contributed by atoms with Crippen LogP contribution in [0.25, 0.3) is 0 Å². The van der Waals surface area contributed by atoms with E-state index in [1.807, 2.05) is 12.1 Å². The minimum Gasteiger partial charge on any atom is -0.313 e. The highest BCUT2D eigenvalue weighted by Gasteiger charge is 2.26. The van der Waals surface area contributed by atoms with Gasteiger partial charge >= 0.3 is 0 Å². The second-order valence-electron chi connectivity index (χ2n) is 6.02. The molecule has 0 aromatic heterocycles. The second-order valence-corrected chi connectivity index (χ2v) is 6.43. The van der Waals surface area contributed by atoms with Gasteiger partial charge in [-0.05, 0) is 49.8 Å². The third kappa shape index (κ3) is 3.95. The number of hydrogen-bond donors (Lipinski definition) is 1. The van der Waals surface area contributed by atoms with Gasteiger partial charge in [0.05, 0.1) is 0 Å². The largest absolute Gasteiger partial charge is 0.313 e. The number of benzene rings is 1. The highest BCUT2D eigenvalue weighted by Crippen LogP contribution is 2.31. The Kier molecular flexibility index (Phi) is 4.42. The van der Waals surface area contributed by atoms with Crippen molar-refractivity contribution < 1.29 is 0 Å². The van der Waals surface area contributed by atoms with Gasteiger partial charge in [0.25, 0.3) is 0 Å². The van der Waals surface area contributed by atoms with Crippen LogP contribution in [0.2, 0.25) is 5.02 Å². The minimum absolute atomic E-state index is 0.682.